The molecule has 0 saturated heterocycles. The van der Waals surface area contributed by atoms with Gasteiger partial charge in [-0.15, -0.1) is 0 Å². The molecule has 0 aliphatic heterocycles. The molecule has 1 amide bonds. The zero-order valence-corrected chi connectivity index (χ0v) is 11.4. The van der Waals surface area contributed by atoms with Crippen molar-refractivity contribution in [1.82, 2.24) is 0 Å². The lowest BCUT2D eigenvalue weighted by atomic mass is 10.2. The molecule has 0 aliphatic rings. The van der Waals surface area contributed by atoms with Crippen molar-refractivity contribution in [3.63, 3.8) is 0 Å². The number of para-hydroxylation sites is 1. The van der Waals surface area contributed by atoms with Gasteiger partial charge in [-0.2, -0.15) is 0 Å². The summed E-state index contributed by atoms with van der Waals surface area (Å²) in [5.74, 6) is -1.06. The molecule has 0 unspecified atom stereocenters. The molecular formula is C14H12ClFN2O2. The van der Waals surface area contributed by atoms with E-state index in [1.54, 1.807) is 18.2 Å². The van der Waals surface area contributed by atoms with Crippen LogP contribution in [0.1, 0.15) is 10.4 Å². The number of methoxy groups -OCH3 is 1. The summed E-state index contributed by atoms with van der Waals surface area (Å²) in [5.41, 5.74) is 6.51. The normalized spacial score (nSPS) is 10.2. The van der Waals surface area contributed by atoms with Crippen molar-refractivity contribution in [3.8, 4) is 5.75 Å². The maximum Gasteiger partial charge on any atom is 0.255 e. The molecular weight excluding hydrogens is 283 g/mol. The van der Waals surface area contributed by atoms with Gasteiger partial charge in [-0.05, 0) is 30.3 Å². The number of halogens is 2. The Hall–Kier alpha value is -2.27. The lowest BCUT2D eigenvalue weighted by molar-refractivity contribution is 0.102. The minimum absolute atomic E-state index is 0.0683. The van der Waals surface area contributed by atoms with E-state index < -0.39 is 11.7 Å². The summed E-state index contributed by atoms with van der Waals surface area (Å²) in [6.07, 6.45) is 0. The number of nitrogens with two attached hydrogens (primary N) is 1. The number of ether oxygens (including phenoxy) is 1. The number of nitrogens with one attached hydrogen (secondary N) is 1. The van der Waals surface area contributed by atoms with Crippen molar-refractivity contribution in [2.24, 2.45) is 0 Å². The Balaban J connectivity index is 2.26. The third kappa shape index (κ3) is 2.83. The van der Waals surface area contributed by atoms with Gasteiger partial charge in [-0.3, -0.25) is 4.79 Å². The van der Waals surface area contributed by atoms with E-state index in [9.17, 15) is 9.18 Å². The van der Waals surface area contributed by atoms with Crippen LogP contribution in [0.4, 0.5) is 15.8 Å². The van der Waals surface area contributed by atoms with Gasteiger partial charge in [0.2, 0.25) is 0 Å². The molecule has 104 valence electrons. The van der Waals surface area contributed by atoms with Crippen LogP contribution < -0.4 is 15.8 Å². The molecule has 0 fully saturated rings. The van der Waals surface area contributed by atoms with E-state index in [0.29, 0.717) is 16.4 Å². The first-order valence-corrected chi connectivity index (χ1v) is 6.09. The zero-order chi connectivity index (χ0) is 14.7. The SMILES string of the molecule is COc1ccc(C(=O)Nc2c(N)cccc2Cl)cc1F. The van der Waals surface area contributed by atoms with Gasteiger partial charge in [0, 0.05) is 5.56 Å². The van der Waals surface area contributed by atoms with Crippen LogP contribution in [-0.4, -0.2) is 13.0 Å². The van der Waals surface area contributed by atoms with Crippen molar-refractivity contribution in [2.45, 2.75) is 0 Å². The van der Waals surface area contributed by atoms with Crippen LogP contribution in [0, 0.1) is 5.82 Å². The maximum absolute atomic E-state index is 13.6. The molecule has 6 heteroatoms. The average molecular weight is 295 g/mol. The molecule has 0 radical (unpaired) electrons. The number of amides is 1. The molecule has 2 rings (SSSR count). The van der Waals surface area contributed by atoms with Crippen LogP contribution in [0.2, 0.25) is 5.02 Å². The molecule has 4 nitrogen and oxygen atoms in total. The number of anilines is 2. The second-order valence-electron chi connectivity index (χ2n) is 4.01. The van der Waals surface area contributed by atoms with Gasteiger partial charge >= 0.3 is 0 Å². The Kier molecular flexibility index (Phi) is 4.10. The summed E-state index contributed by atoms with van der Waals surface area (Å²) in [6.45, 7) is 0. The minimum atomic E-state index is -0.618. The van der Waals surface area contributed by atoms with Crippen LogP contribution in [0.5, 0.6) is 5.75 Å². The number of carbonyl (C=O) groups excluding carboxylic acids is 1. The van der Waals surface area contributed by atoms with E-state index in [-0.39, 0.29) is 11.3 Å². The standard InChI is InChI=1S/C14H12ClFN2O2/c1-20-12-6-5-8(7-10(12)16)14(19)18-13-9(15)3-2-4-11(13)17/h2-7H,17H2,1H3,(H,18,19). The topological polar surface area (TPSA) is 64.3 Å². The second kappa shape index (κ2) is 5.79. The van der Waals surface area contributed by atoms with Gasteiger partial charge in [-0.1, -0.05) is 17.7 Å². The first-order valence-electron chi connectivity index (χ1n) is 5.72. The minimum Gasteiger partial charge on any atom is -0.494 e. The molecule has 0 heterocycles. The fourth-order valence-electron chi connectivity index (χ4n) is 1.67. The molecule has 3 N–H and O–H groups in total. The van der Waals surface area contributed by atoms with Gasteiger partial charge in [0.05, 0.1) is 23.5 Å². The highest BCUT2D eigenvalue weighted by Gasteiger charge is 2.13. The van der Waals surface area contributed by atoms with E-state index in [1.165, 1.54) is 19.2 Å². The van der Waals surface area contributed by atoms with Crippen molar-refractivity contribution in [3.05, 3.63) is 52.8 Å². The monoisotopic (exact) mass is 294 g/mol. The zero-order valence-electron chi connectivity index (χ0n) is 10.6. The Morgan fingerprint density at radius 2 is 2.10 bits per heavy atom. The Bertz CT molecular complexity index is 641. The number of hydrogen-bond acceptors (Lipinski definition) is 3. The number of carbonyl (C=O) groups is 1. The molecule has 0 aliphatic carbocycles. The molecule has 0 aromatic heterocycles. The third-order valence-corrected chi connectivity index (χ3v) is 3.01. The fraction of sp³-hybridized carbons (Fsp3) is 0.0714. The van der Waals surface area contributed by atoms with Crippen LogP contribution >= 0.6 is 11.6 Å². The van der Waals surface area contributed by atoms with Crippen molar-refractivity contribution in [1.29, 1.82) is 0 Å². The highest BCUT2D eigenvalue weighted by atomic mass is 35.5. The summed E-state index contributed by atoms with van der Waals surface area (Å²) >= 11 is 5.95. The van der Waals surface area contributed by atoms with Gasteiger partial charge in [0.1, 0.15) is 0 Å². The lowest BCUT2D eigenvalue weighted by Gasteiger charge is -2.10. The van der Waals surface area contributed by atoms with Crippen LogP contribution in [0.3, 0.4) is 0 Å². The fourth-order valence-corrected chi connectivity index (χ4v) is 1.90. The molecule has 0 spiro atoms. The first-order chi connectivity index (χ1) is 9.52. The highest BCUT2D eigenvalue weighted by Crippen LogP contribution is 2.28. The van der Waals surface area contributed by atoms with Crippen molar-refractivity contribution < 1.29 is 13.9 Å². The quantitative estimate of drug-likeness (QED) is 0.854. The Morgan fingerprint density at radius 3 is 2.70 bits per heavy atom. The van der Waals surface area contributed by atoms with E-state index in [0.717, 1.165) is 6.07 Å². The van der Waals surface area contributed by atoms with E-state index in [4.69, 9.17) is 22.1 Å². The number of hydrogen-bond donors (Lipinski definition) is 2. The largest absolute Gasteiger partial charge is 0.494 e. The van der Waals surface area contributed by atoms with Gasteiger partial charge in [-0.25, -0.2) is 4.39 Å². The van der Waals surface area contributed by atoms with Crippen LogP contribution in [-0.2, 0) is 0 Å². The van der Waals surface area contributed by atoms with Crippen molar-refractivity contribution >= 4 is 28.9 Å². The second-order valence-corrected chi connectivity index (χ2v) is 4.41. The summed E-state index contributed by atoms with van der Waals surface area (Å²) in [5, 5.41) is 2.87. The predicted octanol–water partition coefficient (Wildman–Crippen LogP) is 3.32. The van der Waals surface area contributed by atoms with Gasteiger partial charge < -0.3 is 15.8 Å². The number of nitrogen functional groups attached to an aromatic ring is 1. The molecule has 2 aromatic carbocycles. The van der Waals surface area contributed by atoms with Crippen LogP contribution in [0.15, 0.2) is 36.4 Å². The van der Waals surface area contributed by atoms with E-state index in [1.807, 2.05) is 0 Å². The van der Waals surface area contributed by atoms with E-state index in [2.05, 4.69) is 5.32 Å². The highest BCUT2D eigenvalue weighted by molar-refractivity contribution is 6.34. The predicted molar refractivity (Wildman–Crippen MR) is 76.8 cm³/mol. The van der Waals surface area contributed by atoms with E-state index >= 15 is 0 Å². The Labute approximate surface area is 120 Å². The summed E-state index contributed by atoms with van der Waals surface area (Å²) in [7, 11) is 1.35. The lowest BCUT2D eigenvalue weighted by Crippen LogP contribution is -2.14. The molecule has 20 heavy (non-hydrogen) atoms. The first kappa shape index (κ1) is 14.1. The maximum atomic E-state index is 13.6. The van der Waals surface area contributed by atoms with Crippen LogP contribution in [0.25, 0.3) is 0 Å². The molecule has 0 atom stereocenters. The number of rotatable bonds is 3. The summed E-state index contributed by atoms with van der Waals surface area (Å²) in [4.78, 5) is 12.0. The summed E-state index contributed by atoms with van der Waals surface area (Å²) < 4.78 is 18.3. The molecule has 2 aromatic rings. The Morgan fingerprint density at radius 1 is 1.35 bits per heavy atom. The smallest absolute Gasteiger partial charge is 0.255 e. The van der Waals surface area contributed by atoms with Crippen molar-refractivity contribution in [2.75, 3.05) is 18.2 Å². The van der Waals surface area contributed by atoms with Gasteiger partial charge in [0.25, 0.3) is 5.91 Å². The molecule has 0 saturated carbocycles. The average Bonchev–Trinajstić information content (AvgIpc) is 2.42. The summed E-state index contributed by atoms with van der Waals surface area (Å²) in [6, 6.07) is 8.78. The third-order valence-electron chi connectivity index (χ3n) is 2.70. The molecule has 0 bridgehead atoms. The van der Waals surface area contributed by atoms with Gasteiger partial charge in [0.15, 0.2) is 11.6 Å². The number of benzene rings is 2.